The van der Waals surface area contributed by atoms with Crippen molar-refractivity contribution in [1.29, 1.82) is 0 Å². The summed E-state index contributed by atoms with van der Waals surface area (Å²) in [4.78, 5) is 26.4. The molecule has 1 N–H and O–H groups in total. The fourth-order valence-corrected chi connectivity index (χ4v) is 4.06. The number of benzene rings is 2. The Kier molecular flexibility index (Phi) is 4.92. The van der Waals surface area contributed by atoms with E-state index in [1.807, 2.05) is 7.05 Å². The van der Waals surface area contributed by atoms with Gasteiger partial charge >= 0.3 is 5.97 Å². The number of fused-ring (bicyclic) bond motifs is 1. The lowest BCUT2D eigenvalue weighted by Crippen LogP contribution is -2.31. The second kappa shape index (κ2) is 7.40. The van der Waals surface area contributed by atoms with Crippen LogP contribution in [-0.2, 0) is 0 Å². The number of hydrogen-bond acceptors (Lipinski definition) is 3. The first-order chi connectivity index (χ1) is 13.8. The van der Waals surface area contributed by atoms with Crippen LogP contribution in [0.25, 0.3) is 16.6 Å². The van der Waals surface area contributed by atoms with Crippen molar-refractivity contribution in [2.24, 2.45) is 0 Å². The molecular formula is C22H20F2N2O3. The molecule has 1 aliphatic heterocycles. The van der Waals surface area contributed by atoms with Crippen LogP contribution < -0.4 is 5.43 Å². The molecule has 1 aliphatic rings. The van der Waals surface area contributed by atoms with E-state index in [1.165, 1.54) is 35.0 Å². The Morgan fingerprint density at radius 1 is 1.17 bits per heavy atom. The number of nitrogens with zero attached hydrogens (tertiary/aromatic N) is 2. The highest BCUT2D eigenvalue weighted by Gasteiger charge is 2.24. The van der Waals surface area contributed by atoms with Gasteiger partial charge < -0.3 is 14.6 Å². The predicted octanol–water partition coefficient (Wildman–Crippen LogP) is 3.78. The van der Waals surface area contributed by atoms with Crippen LogP contribution in [0.2, 0.25) is 0 Å². The van der Waals surface area contributed by atoms with Crippen LogP contribution in [0.4, 0.5) is 8.78 Å². The van der Waals surface area contributed by atoms with E-state index in [-0.39, 0.29) is 11.3 Å². The Bertz CT molecular complexity index is 1160. The lowest BCUT2D eigenvalue weighted by molar-refractivity contribution is 0.0695. The number of carboxylic acids is 1. The number of rotatable bonds is 3. The highest BCUT2D eigenvalue weighted by molar-refractivity contribution is 5.93. The van der Waals surface area contributed by atoms with Gasteiger partial charge in [-0.1, -0.05) is 0 Å². The fraction of sp³-hybridized carbons (Fsp3) is 0.273. The van der Waals surface area contributed by atoms with E-state index in [2.05, 4.69) is 4.90 Å². The van der Waals surface area contributed by atoms with Crippen LogP contribution in [0.3, 0.4) is 0 Å². The number of likely N-dealkylation sites (tertiary alicyclic amines) is 1. The summed E-state index contributed by atoms with van der Waals surface area (Å²) in [6.45, 7) is 1.66. The maximum Gasteiger partial charge on any atom is 0.341 e. The maximum absolute atomic E-state index is 15.0. The van der Waals surface area contributed by atoms with Gasteiger partial charge in [0.05, 0.1) is 5.52 Å². The molecule has 1 unspecified atom stereocenters. The molecule has 150 valence electrons. The summed E-state index contributed by atoms with van der Waals surface area (Å²) >= 11 is 0. The largest absolute Gasteiger partial charge is 0.477 e. The van der Waals surface area contributed by atoms with Crippen molar-refractivity contribution in [3.05, 3.63) is 75.6 Å². The van der Waals surface area contributed by atoms with Gasteiger partial charge in [0.15, 0.2) is 0 Å². The first-order valence-electron chi connectivity index (χ1n) is 9.41. The van der Waals surface area contributed by atoms with E-state index in [4.69, 9.17) is 0 Å². The van der Waals surface area contributed by atoms with E-state index < -0.39 is 28.6 Å². The number of pyridine rings is 1. The number of hydrogen-bond donors (Lipinski definition) is 1. The molecule has 1 saturated heterocycles. The molecule has 5 nitrogen and oxygen atoms in total. The lowest BCUT2D eigenvalue weighted by atomic mass is 9.89. The molecule has 1 aromatic heterocycles. The summed E-state index contributed by atoms with van der Waals surface area (Å²) < 4.78 is 29.9. The molecule has 0 spiro atoms. The predicted molar refractivity (Wildman–Crippen MR) is 106 cm³/mol. The molecule has 2 aromatic carbocycles. The van der Waals surface area contributed by atoms with Crippen molar-refractivity contribution in [2.75, 3.05) is 20.1 Å². The highest BCUT2D eigenvalue weighted by Crippen LogP contribution is 2.31. The number of carboxylic acid groups (broad SMARTS) is 1. The minimum absolute atomic E-state index is 0.0142. The van der Waals surface area contributed by atoms with Crippen molar-refractivity contribution in [3.63, 3.8) is 0 Å². The second-order valence-electron chi connectivity index (χ2n) is 7.52. The zero-order valence-corrected chi connectivity index (χ0v) is 15.9. The average Bonchev–Trinajstić information content (AvgIpc) is 2.69. The van der Waals surface area contributed by atoms with E-state index in [1.54, 1.807) is 6.07 Å². The molecule has 1 atom stereocenters. The standard InChI is InChI=1S/C22H20F2N2O3/c1-25-8-2-3-13(11-25)16-10-20-17(9-19(16)24)21(27)18(22(28)29)12-26(20)15-6-4-14(23)5-7-15/h4-7,9-10,12-13H,2-3,8,11H2,1H3,(H,28,29). The number of piperidine rings is 1. The Balaban J connectivity index is 1.99. The number of halogens is 2. The van der Waals surface area contributed by atoms with Crippen LogP contribution in [0.15, 0.2) is 47.4 Å². The van der Waals surface area contributed by atoms with Crippen LogP contribution in [-0.4, -0.2) is 40.7 Å². The Hall–Kier alpha value is -3.06. The first-order valence-corrected chi connectivity index (χ1v) is 9.41. The van der Waals surface area contributed by atoms with Gasteiger partial charge in [-0.25, -0.2) is 13.6 Å². The van der Waals surface area contributed by atoms with Gasteiger partial charge in [-0.3, -0.25) is 4.79 Å². The molecule has 0 amide bonds. The molecule has 0 radical (unpaired) electrons. The summed E-state index contributed by atoms with van der Waals surface area (Å²) in [5.41, 5.74) is 0.180. The number of carbonyl (C=O) groups is 1. The zero-order valence-electron chi connectivity index (χ0n) is 15.9. The van der Waals surface area contributed by atoms with Crippen LogP contribution in [0.1, 0.15) is 34.7 Å². The van der Waals surface area contributed by atoms with Crippen LogP contribution in [0.5, 0.6) is 0 Å². The molecule has 7 heteroatoms. The minimum atomic E-state index is -1.40. The van der Waals surface area contributed by atoms with Crippen molar-refractivity contribution in [2.45, 2.75) is 18.8 Å². The number of aromatic nitrogens is 1. The van der Waals surface area contributed by atoms with Gasteiger partial charge in [-0.2, -0.15) is 0 Å². The third kappa shape index (κ3) is 3.53. The van der Waals surface area contributed by atoms with Crippen LogP contribution in [0, 0.1) is 11.6 Å². The van der Waals surface area contributed by atoms with Gasteiger partial charge in [0.2, 0.25) is 5.43 Å². The number of likely N-dealkylation sites (N-methyl/N-ethyl adjacent to an activating group) is 1. The average molecular weight is 398 g/mol. The Morgan fingerprint density at radius 3 is 2.55 bits per heavy atom. The van der Waals surface area contributed by atoms with Gasteiger partial charge in [-0.05, 0) is 74.3 Å². The molecule has 4 rings (SSSR count). The van der Waals surface area contributed by atoms with Crippen molar-refractivity contribution in [3.8, 4) is 5.69 Å². The van der Waals surface area contributed by atoms with E-state index >= 15 is 0 Å². The molecule has 3 aromatic rings. The molecule has 0 saturated carbocycles. The molecular weight excluding hydrogens is 378 g/mol. The van der Waals surface area contributed by atoms with Crippen molar-refractivity contribution in [1.82, 2.24) is 9.47 Å². The second-order valence-corrected chi connectivity index (χ2v) is 7.52. The summed E-state index contributed by atoms with van der Waals surface area (Å²) in [7, 11) is 1.98. The maximum atomic E-state index is 15.0. The fourth-order valence-electron chi connectivity index (χ4n) is 4.06. The summed E-state index contributed by atoms with van der Waals surface area (Å²) in [6.07, 6.45) is 3.00. The van der Waals surface area contributed by atoms with Gasteiger partial charge in [0, 0.05) is 23.8 Å². The van der Waals surface area contributed by atoms with E-state index in [9.17, 15) is 23.5 Å². The lowest BCUT2D eigenvalue weighted by Gasteiger charge is -2.30. The molecule has 2 heterocycles. The topological polar surface area (TPSA) is 62.5 Å². The third-order valence-corrected chi connectivity index (χ3v) is 5.52. The van der Waals surface area contributed by atoms with Crippen molar-refractivity contribution < 1.29 is 18.7 Å². The smallest absolute Gasteiger partial charge is 0.341 e. The molecule has 29 heavy (non-hydrogen) atoms. The van der Waals surface area contributed by atoms with Crippen LogP contribution >= 0.6 is 0 Å². The monoisotopic (exact) mass is 398 g/mol. The highest BCUT2D eigenvalue weighted by atomic mass is 19.1. The summed E-state index contributed by atoms with van der Waals surface area (Å²) in [5.74, 6) is -2.36. The van der Waals surface area contributed by atoms with Gasteiger partial charge in [-0.15, -0.1) is 0 Å². The molecule has 0 bridgehead atoms. The molecule has 0 aliphatic carbocycles. The normalized spacial score (nSPS) is 17.6. The van der Waals surface area contributed by atoms with Gasteiger partial charge in [0.25, 0.3) is 0 Å². The first kappa shape index (κ1) is 19.3. The Morgan fingerprint density at radius 2 is 1.90 bits per heavy atom. The van der Waals surface area contributed by atoms with Gasteiger partial charge in [0.1, 0.15) is 17.2 Å². The summed E-state index contributed by atoms with van der Waals surface area (Å²) in [5, 5.41) is 9.41. The zero-order chi connectivity index (χ0) is 20.7. The molecule has 1 fully saturated rings. The SMILES string of the molecule is CN1CCCC(c2cc3c(cc2F)c(=O)c(C(=O)O)cn3-c2ccc(F)cc2)C1. The number of aromatic carboxylic acids is 1. The van der Waals surface area contributed by atoms with E-state index in [0.29, 0.717) is 23.3 Å². The Labute approximate surface area is 165 Å². The van der Waals surface area contributed by atoms with Crippen molar-refractivity contribution >= 4 is 16.9 Å². The van der Waals surface area contributed by atoms with E-state index in [0.717, 1.165) is 25.5 Å². The minimum Gasteiger partial charge on any atom is -0.477 e. The quantitative estimate of drug-likeness (QED) is 0.730. The summed E-state index contributed by atoms with van der Waals surface area (Å²) in [6, 6.07) is 8.24. The third-order valence-electron chi connectivity index (χ3n) is 5.52.